The van der Waals surface area contributed by atoms with Crippen LogP contribution in [0.1, 0.15) is 30.3 Å². The summed E-state index contributed by atoms with van der Waals surface area (Å²) in [5, 5.41) is 6.99. The predicted molar refractivity (Wildman–Crippen MR) is 113 cm³/mol. The molecule has 2 aromatic heterocycles. The molecule has 0 bridgehead atoms. The average Bonchev–Trinajstić information content (AvgIpc) is 3.18. The van der Waals surface area contributed by atoms with Crippen LogP contribution in [0.25, 0.3) is 22.4 Å². The third-order valence-corrected chi connectivity index (χ3v) is 4.63. The fraction of sp³-hybridized carbons (Fsp3) is 0.182. The van der Waals surface area contributed by atoms with E-state index in [0.717, 1.165) is 35.3 Å². The van der Waals surface area contributed by atoms with E-state index in [0.29, 0.717) is 12.2 Å². The first-order valence-electron chi connectivity index (χ1n) is 9.59. The second kappa shape index (κ2) is 8.10. The minimum atomic E-state index is -0.355. The van der Waals surface area contributed by atoms with Crippen LogP contribution in [0, 0.1) is 0 Å². The minimum absolute atomic E-state index is 0.204. The van der Waals surface area contributed by atoms with Crippen LogP contribution in [-0.2, 0) is 6.54 Å². The molecule has 4 rings (SSSR count). The topological polar surface area (TPSA) is 92.7 Å². The Morgan fingerprint density at radius 2 is 1.86 bits per heavy atom. The molecule has 0 unspecified atom stereocenters. The Kier molecular flexibility index (Phi) is 5.20. The highest BCUT2D eigenvalue weighted by molar-refractivity contribution is 6.02. The van der Waals surface area contributed by atoms with Crippen LogP contribution in [0.15, 0.2) is 65.5 Å². The van der Waals surface area contributed by atoms with Crippen LogP contribution >= 0.6 is 0 Å². The van der Waals surface area contributed by atoms with Gasteiger partial charge in [0.05, 0.1) is 11.0 Å². The van der Waals surface area contributed by atoms with Crippen molar-refractivity contribution in [1.29, 1.82) is 0 Å². The van der Waals surface area contributed by atoms with Crippen LogP contribution in [-0.4, -0.2) is 25.7 Å². The zero-order valence-electron chi connectivity index (χ0n) is 16.1. The van der Waals surface area contributed by atoms with Gasteiger partial charge < -0.3 is 10.3 Å². The Morgan fingerprint density at radius 3 is 2.62 bits per heavy atom. The molecule has 0 fully saturated rings. The predicted octanol–water partition coefficient (Wildman–Crippen LogP) is 3.84. The molecule has 0 aliphatic rings. The van der Waals surface area contributed by atoms with Crippen molar-refractivity contribution in [2.24, 2.45) is 0 Å². The molecule has 0 atom stereocenters. The molecule has 0 radical (unpaired) electrons. The van der Waals surface area contributed by atoms with Crippen molar-refractivity contribution in [3.05, 3.63) is 76.7 Å². The number of hydrogen-bond donors (Lipinski definition) is 2. The number of carbonyl (C=O) groups is 1. The van der Waals surface area contributed by atoms with Gasteiger partial charge in [0.15, 0.2) is 0 Å². The SMILES string of the molecule is CCCCn1nc(C(=O)Nc2ccc(-c3nc4ccccc4[nH]3)cc2)ccc1=O. The molecule has 0 aliphatic heterocycles. The summed E-state index contributed by atoms with van der Waals surface area (Å²) in [7, 11) is 0. The van der Waals surface area contributed by atoms with E-state index < -0.39 is 0 Å². The molecule has 146 valence electrons. The normalized spacial score (nSPS) is 10.9. The monoisotopic (exact) mass is 387 g/mol. The summed E-state index contributed by atoms with van der Waals surface area (Å²) in [4.78, 5) is 32.2. The van der Waals surface area contributed by atoms with Gasteiger partial charge >= 0.3 is 0 Å². The van der Waals surface area contributed by atoms with E-state index in [9.17, 15) is 9.59 Å². The number of unbranched alkanes of at least 4 members (excludes halogenated alkanes) is 1. The number of imidazole rings is 1. The highest BCUT2D eigenvalue weighted by atomic mass is 16.2. The summed E-state index contributed by atoms with van der Waals surface area (Å²) in [6, 6.07) is 18.1. The Bertz CT molecular complexity index is 1170. The molecule has 1 amide bonds. The lowest BCUT2D eigenvalue weighted by molar-refractivity contribution is 0.101. The lowest BCUT2D eigenvalue weighted by atomic mass is 10.2. The van der Waals surface area contributed by atoms with Gasteiger partial charge in [0.25, 0.3) is 11.5 Å². The molecule has 0 spiro atoms. The maximum Gasteiger partial charge on any atom is 0.276 e. The van der Waals surface area contributed by atoms with Crippen molar-refractivity contribution in [3.63, 3.8) is 0 Å². The Balaban J connectivity index is 1.50. The van der Waals surface area contributed by atoms with Crippen LogP contribution in [0.2, 0.25) is 0 Å². The Morgan fingerprint density at radius 1 is 1.07 bits per heavy atom. The van der Waals surface area contributed by atoms with Crippen LogP contribution in [0.3, 0.4) is 0 Å². The molecule has 4 aromatic rings. The van der Waals surface area contributed by atoms with E-state index in [1.807, 2.05) is 55.5 Å². The summed E-state index contributed by atoms with van der Waals surface area (Å²) in [6.45, 7) is 2.54. The Hall–Kier alpha value is -3.74. The highest BCUT2D eigenvalue weighted by Gasteiger charge is 2.11. The first kappa shape index (κ1) is 18.6. The van der Waals surface area contributed by atoms with Crippen LogP contribution < -0.4 is 10.9 Å². The number of benzene rings is 2. The summed E-state index contributed by atoms with van der Waals surface area (Å²) >= 11 is 0. The van der Waals surface area contributed by atoms with Gasteiger partial charge in [-0.2, -0.15) is 5.10 Å². The van der Waals surface area contributed by atoms with E-state index in [-0.39, 0.29) is 17.2 Å². The second-order valence-electron chi connectivity index (χ2n) is 6.77. The van der Waals surface area contributed by atoms with Gasteiger partial charge in [-0.15, -0.1) is 0 Å². The number of nitrogens with one attached hydrogen (secondary N) is 2. The fourth-order valence-corrected chi connectivity index (χ4v) is 3.03. The molecular weight excluding hydrogens is 366 g/mol. The summed E-state index contributed by atoms with van der Waals surface area (Å²) in [5.41, 5.74) is 3.45. The van der Waals surface area contributed by atoms with Crippen LogP contribution in [0.4, 0.5) is 5.69 Å². The highest BCUT2D eigenvalue weighted by Crippen LogP contribution is 2.22. The zero-order valence-corrected chi connectivity index (χ0v) is 16.1. The number of amides is 1. The van der Waals surface area contributed by atoms with Gasteiger partial charge in [0.1, 0.15) is 11.5 Å². The van der Waals surface area contributed by atoms with Gasteiger partial charge in [-0.3, -0.25) is 9.59 Å². The number of aromatic amines is 1. The van der Waals surface area contributed by atoms with Crippen molar-refractivity contribution in [3.8, 4) is 11.4 Å². The molecule has 29 heavy (non-hydrogen) atoms. The standard InChI is InChI=1S/C22H21N5O2/c1-2-3-14-27-20(28)13-12-19(26-27)22(29)23-16-10-8-15(9-11-16)21-24-17-6-4-5-7-18(17)25-21/h4-13H,2-3,14H2,1H3,(H,23,29)(H,24,25). The number of anilines is 1. The van der Waals surface area contributed by atoms with Crippen molar-refractivity contribution < 1.29 is 4.79 Å². The van der Waals surface area contributed by atoms with Gasteiger partial charge in [-0.25, -0.2) is 9.67 Å². The number of carbonyl (C=O) groups excluding carboxylic acids is 1. The van der Waals surface area contributed by atoms with E-state index in [4.69, 9.17) is 0 Å². The number of fused-ring (bicyclic) bond motifs is 1. The van der Waals surface area contributed by atoms with Gasteiger partial charge in [-0.1, -0.05) is 25.5 Å². The van der Waals surface area contributed by atoms with Gasteiger partial charge in [0.2, 0.25) is 0 Å². The second-order valence-corrected chi connectivity index (χ2v) is 6.77. The number of aromatic nitrogens is 4. The molecule has 7 heteroatoms. The molecule has 2 N–H and O–H groups in total. The lowest BCUT2D eigenvalue weighted by Crippen LogP contribution is -2.26. The molecule has 0 aliphatic carbocycles. The van der Waals surface area contributed by atoms with Gasteiger partial charge in [0, 0.05) is 23.9 Å². The van der Waals surface area contributed by atoms with Crippen molar-refractivity contribution in [1.82, 2.24) is 19.7 Å². The zero-order chi connectivity index (χ0) is 20.2. The summed E-state index contributed by atoms with van der Waals surface area (Å²) in [6.07, 6.45) is 1.78. The molecule has 2 heterocycles. The van der Waals surface area contributed by atoms with E-state index in [1.54, 1.807) is 0 Å². The first-order chi connectivity index (χ1) is 14.1. The van der Waals surface area contributed by atoms with E-state index in [2.05, 4.69) is 20.4 Å². The molecule has 7 nitrogen and oxygen atoms in total. The number of para-hydroxylation sites is 2. The van der Waals surface area contributed by atoms with E-state index in [1.165, 1.54) is 16.8 Å². The number of H-pyrrole nitrogens is 1. The number of rotatable bonds is 6. The molecule has 0 saturated heterocycles. The van der Waals surface area contributed by atoms with Crippen molar-refractivity contribution in [2.75, 3.05) is 5.32 Å². The van der Waals surface area contributed by atoms with Gasteiger partial charge in [-0.05, 0) is 48.9 Å². The Labute approximate surface area is 167 Å². The summed E-state index contributed by atoms with van der Waals surface area (Å²) < 4.78 is 1.34. The molecule has 0 saturated carbocycles. The number of nitrogens with zero attached hydrogens (tertiary/aromatic N) is 3. The fourth-order valence-electron chi connectivity index (χ4n) is 3.03. The third-order valence-electron chi connectivity index (χ3n) is 4.63. The third kappa shape index (κ3) is 4.08. The number of aryl methyl sites for hydroxylation is 1. The minimum Gasteiger partial charge on any atom is -0.338 e. The molecular formula is C22H21N5O2. The van der Waals surface area contributed by atoms with Crippen LogP contribution in [0.5, 0.6) is 0 Å². The lowest BCUT2D eigenvalue weighted by Gasteiger charge is -2.08. The van der Waals surface area contributed by atoms with Crippen molar-refractivity contribution in [2.45, 2.75) is 26.3 Å². The average molecular weight is 387 g/mol. The largest absolute Gasteiger partial charge is 0.338 e. The quantitative estimate of drug-likeness (QED) is 0.526. The smallest absolute Gasteiger partial charge is 0.276 e. The maximum absolute atomic E-state index is 12.5. The maximum atomic E-state index is 12.5. The number of hydrogen-bond acceptors (Lipinski definition) is 4. The first-order valence-corrected chi connectivity index (χ1v) is 9.59. The summed E-state index contributed by atoms with van der Waals surface area (Å²) in [5.74, 6) is 0.417. The van der Waals surface area contributed by atoms with Crippen molar-refractivity contribution >= 4 is 22.6 Å². The van der Waals surface area contributed by atoms with E-state index >= 15 is 0 Å². The molecule has 2 aromatic carbocycles.